The summed E-state index contributed by atoms with van der Waals surface area (Å²) in [6, 6.07) is 18.2. The molecule has 0 aromatic heterocycles. The summed E-state index contributed by atoms with van der Waals surface area (Å²) in [6.45, 7) is 0. The van der Waals surface area contributed by atoms with Gasteiger partial charge in [-0.3, -0.25) is 9.79 Å². The molecular weight excluding hydrogens is 308 g/mol. The predicted molar refractivity (Wildman–Crippen MR) is 89.9 cm³/mol. The molecule has 0 fully saturated rings. The molecule has 0 spiro atoms. The van der Waals surface area contributed by atoms with Crippen molar-refractivity contribution in [3.05, 3.63) is 101 Å². The minimum Gasteiger partial charge on any atom is -0.289 e. The summed E-state index contributed by atoms with van der Waals surface area (Å²) in [6.07, 6.45) is 1.60. The largest absolute Gasteiger partial charge is 0.289 e. The first-order chi connectivity index (χ1) is 11.6. The van der Waals surface area contributed by atoms with Gasteiger partial charge in [0.2, 0.25) is 0 Å². The number of hydrogen-bond acceptors (Lipinski definition) is 2. The molecule has 0 radical (unpaired) electrons. The third-order valence-electron chi connectivity index (χ3n) is 3.45. The van der Waals surface area contributed by atoms with Gasteiger partial charge in [0.15, 0.2) is 5.78 Å². The van der Waals surface area contributed by atoms with Gasteiger partial charge in [-0.1, -0.05) is 24.3 Å². The zero-order chi connectivity index (χ0) is 16.9. The molecule has 0 bridgehead atoms. The number of halogens is 2. The molecule has 3 aromatic carbocycles. The number of aliphatic imine (C=N–C) groups is 1. The van der Waals surface area contributed by atoms with E-state index in [2.05, 4.69) is 4.99 Å². The number of carbonyl (C=O) groups excluding carboxylic acids is 1. The van der Waals surface area contributed by atoms with Crippen LogP contribution in [0, 0.1) is 11.6 Å². The van der Waals surface area contributed by atoms with Crippen LogP contribution in [0.4, 0.5) is 14.5 Å². The van der Waals surface area contributed by atoms with Crippen molar-refractivity contribution in [2.75, 3.05) is 0 Å². The third kappa shape index (κ3) is 3.79. The maximum absolute atomic E-state index is 12.9. The van der Waals surface area contributed by atoms with Crippen molar-refractivity contribution in [1.29, 1.82) is 0 Å². The van der Waals surface area contributed by atoms with Gasteiger partial charge < -0.3 is 0 Å². The minimum absolute atomic E-state index is 0.200. The van der Waals surface area contributed by atoms with Gasteiger partial charge in [0, 0.05) is 17.3 Å². The van der Waals surface area contributed by atoms with E-state index in [-0.39, 0.29) is 17.4 Å². The first kappa shape index (κ1) is 15.7. The van der Waals surface area contributed by atoms with Gasteiger partial charge in [-0.25, -0.2) is 8.78 Å². The van der Waals surface area contributed by atoms with E-state index in [0.29, 0.717) is 16.8 Å². The topological polar surface area (TPSA) is 29.4 Å². The summed E-state index contributed by atoms with van der Waals surface area (Å²) >= 11 is 0. The van der Waals surface area contributed by atoms with Crippen molar-refractivity contribution in [2.24, 2.45) is 4.99 Å². The molecule has 0 amide bonds. The molecule has 0 aliphatic carbocycles. The van der Waals surface area contributed by atoms with Crippen LogP contribution in [0.5, 0.6) is 0 Å². The van der Waals surface area contributed by atoms with Gasteiger partial charge in [0.1, 0.15) is 11.6 Å². The summed E-state index contributed by atoms with van der Waals surface area (Å²) < 4.78 is 25.8. The van der Waals surface area contributed by atoms with Crippen molar-refractivity contribution < 1.29 is 13.6 Å². The lowest BCUT2D eigenvalue weighted by Gasteiger charge is -2.02. The van der Waals surface area contributed by atoms with Crippen LogP contribution in [0.2, 0.25) is 0 Å². The Hall–Kier alpha value is -3.14. The molecule has 0 N–H and O–H groups in total. The second-order valence-electron chi connectivity index (χ2n) is 5.20. The molecule has 0 unspecified atom stereocenters. The molecular formula is C20H13F2NO. The summed E-state index contributed by atoms with van der Waals surface area (Å²) in [5.74, 6) is -0.892. The van der Waals surface area contributed by atoms with Crippen LogP contribution in [-0.4, -0.2) is 12.0 Å². The zero-order valence-corrected chi connectivity index (χ0v) is 12.6. The summed E-state index contributed by atoms with van der Waals surface area (Å²) in [7, 11) is 0. The second kappa shape index (κ2) is 6.96. The Bertz CT molecular complexity index is 884. The molecule has 2 nitrogen and oxygen atoms in total. The van der Waals surface area contributed by atoms with E-state index in [1.54, 1.807) is 42.6 Å². The smallest absolute Gasteiger partial charge is 0.193 e. The second-order valence-corrected chi connectivity index (χ2v) is 5.20. The van der Waals surface area contributed by atoms with E-state index in [1.807, 2.05) is 0 Å². The minimum atomic E-state index is -0.385. The van der Waals surface area contributed by atoms with Gasteiger partial charge in [-0.05, 0) is 54.1 Å². The van der Waals surface area contributed by atoms with E-state index in [0.717, 1.165) is 5.56 Å². The number of benzene rings is 3. The maximum atomic E-state index is 12.9. The molecule has 3 aromatic rings. The molecule has 0 heterocycles. The van der Waals surface area contributed by atoms with Crippen molar-refractivity contribution in [1.82, 2.24) is 0 Å². The van der Waals surface area contributed by atoms with E-state index < -0.39 is 0 Å². The van der Waals surface area contributed by atoms with Crippen molar-refractivity contribution in [2.45, 2.75) is 0 Å². The first-order valence-corrected chi connectivity index (χ1v) is 7.32. The predicted octanol–water partition coefficient (Wildman–Crippen LogP) is 4.95. The van der Waals surface area contributed by atoms with Gasteiger partial charge in [-0.15, -0.1) is 0 Å². The highest BCUT2D eigenvalue weighted by Gasteiger charge is 2.09. The lowest BCUT2D eigenvalue weighted by Crippen LogP contribution is -2.00. The summed E-state index contributed by atoms with van der Waals surface area (Å²) in [4.78, 5) is 16.7. The highest BCUT2D eigenvalue weighted by molar-refractivity contribution is 6.09. The van der Waals surface area contributed by atoms with Crippen LogP contribution in [0.1, 0.15) is 21.5 Å². The Morgan fingerprint density at radius 2 is 1.42 bits per heavy atom. The Morgan fingerprint density at radius 1 is 0.792 bits per heavy atom. The Labute approximate surface area is 138 Å². The normalized spacial score (nSPS) is 10.9. The standard InChI is InChI=1S/C20H13F2NO/c21-17-8-4-14(5-9-17)13-23-19-3-1-2-16(12-19)20(24)15-6-10-18(22)11-7-15/h1-13H. The summed E-state index contributed by atoms with van der Waals surface area (Å²) in [5, 5.41) is 0. The first-order valence-electron chi connectivity index (χ1n) is 7.32. The van der Waals surface area contributed by atoms with Gasteiger partial charge in [0.05, 0.1) is 5.69 Å². The van der Waals surface area contributed by atoms with E-state index in [9.17, 15) is 13.6 Å². The van der Waals surface area contributed by atoms with E-state index >= 15 is 0 Å². The quantitative estimate of drug-likeness (QED) is 0.494. The maximum Gasteiger partial charge on any atom is 0.193 e. The zero-order valence-electron chi connectivity index (χ0n) is 12.6. The number of ketones is 1. The SMILES string of the molecule is O=C(c1ccc(F)cc1)c1cccc(N=Cc2ccc(F)cc2)c1. The van der Waals surface area contributed by atoms with Crippen LogP contribution in [0.15, 0.2) is 77.8 Å². The lowest BCUT2D eigenvalue weighted by atomic mass is 10.0. The van der Waals surface area contributed by atoms with Crippen LogP contribution in [-0.2, 0) is 0 Å². The molecule has 118 valence electrons. The van der Waals surface area contributed by atoms with Gasteiger partial charge in [-0.2, -0.15) is 0 Å². The van der Waals surface area contributed by atoms with Crippen molar-refractivity contribution in [3.8, 4) is 0 Å². The van der Waals surface area contributed by atoms with Crippen LogP contribution >= 0.6 is 0 Å². The summed E-state index contributed by atoms with van der Waals surface area (Å²) in [5.41, 5.74) is 2.24. The molecule has 0 saturated heterocycles. The number of rotatable bonds is 4. The monoisotopic (exact) mass is 321 g/mol. The fourth-order valence-corrected chi connectivity index (χ4v) is 2.19. The molecule has 24 heavy (non-hydrogen) atoms. The number of carbonyl (C=O) groups is 1. The van der Waals surface area contributed by atoms with Crippen LogP contribution in [0.25, 0.3) is 0 Å². The molecule has 0 saturated carbocycles. The van der Waals surface area contributed by atoms with Gasteiger partial charge in [0.25, 0.3) is 0 Å². The Balaban J connectivity index is 1.82. The van der Waals surface area contributed by atoms with Crippen LogP contribution in [0.3, 0.4) is 0 Å². The molecule has 0 aliphatic rings. The van der Waals surface area contributed by atoms with Gasteiger partial charge >= 0.3 is 0 Å². The fraction of sp³-hybridized carbons (Fsp3) is 0. The van der Waals surface area contributed by atoms with E-state index in [4.69, 9.17) is 0 Å². The number of hydrogen-bond donors (Lipinski definition) is 0. The molecule has 3 rings (SSSR count). The van der Waals surface area contributed by atoms with Crippen molar-refractivity contribution in [3.63, 3.8) is 0 Å². The molecule has 0 aliphatic heterocycles. The molecule has 0 atom stereocenters. The Morgan fingerprint density at radius 3 is 2.08 bits per heavy atom. The average molecular weight is 321 g/mol. The Kier molecular flexibility index (Phi) is 4.57. The number of nitrogens with zero attached hydrogens (tertiary/aromatic N) is 1. The van der Waals surface area contributed by atoms with Crippen molar-refractivity contribution >= 4 is 17.7 Å². The average Bonchev–Trinajstić information content (AvgIpc) is 2.61. The highest BCUT2D eigenvalue weighted by Crippen LogP contribution is 2.18. The third-order valence-corrected chi connectivity index (χ3v) is 3.45. The molecule has 4 heteroatoms. The van der Waals surface area contributed by atoms with E-state index in [1.165, 1.54) is 36.4 Å². The fourth-order valence-electron chi connectivity index (χ4n) is 2.19. The lowest BCUT2D eigenvalue weighted by molar-refractivity contribution is 0.103. The highest BCUT2D eigenvalue weighted by atomic mass is 19.1. The van der Waals surface area contributed by atoms with Crippen LogP contribution < -0.4 is 0 Å².